The first-order valence-corrected chi connectivity index (χ1v) is 3.94. The van der Waals surface area contributed by atoms with E-state index in [9.17, 15) is 13.6 Å². The maximum absolute atomic E-state index is 12.8. The first-order chi connectivity index (χ1) is 6.85. The van der Waals surface area contributed by atoms with Crippen molar-refractivity contribution in [1.29, 1.82) is 0 Å². The number of alkyl halides is 2. The van der Waals surface area contributed by atoms with Gasteiger partial charge in [0.05, 0.1) is 0 Å². The van der Waals surface area contributed by atoms with Gasteiger partial charge in [0.2, 0.25) is 0 Å². The van der Waals surface area contributed by atoms with Crippen LogP contribution < -0.4 is 0 Å². The predicted octanol–water partition coefficient (Wildman–Crippen LogP) is 1.15. The Hall–Kier alpha value is -1.69. The molecule has 0 amide bonds. The van der Waals surface area contributed by atoms with Crippen LogP contribution in [0.2, 0.25) is 0 Å². The molecule has 0 spiro atoms. The molecule has 0 aromatic heterocycles. The highest BCUT2D eigenvalue weighted by Gasteiger charge is 2.47. The van der Waals surface area contributed by atoms with E-state index >= 15 is 0 Å². The highest BCUT2D eigenvalue weighted by Crippen LogP contribution is 2.32. The van der Waals surface area contributed by atoms with Crippen LogP contribution in [-0.2, 0) is 4.79 Å². The SMILES string of the molecule is O=C(O)C(F)(F)C(O)c1cccc(O)c1. The van der Waals surface area contributed by atoms with Crippen molar-refractivity contribution in [2.75, 3.05) is 0 Å². The van der Waals surface area contributed by atoms with Gasteiger partial charge >= 0.3 is 11.9 Å². The Bertz CT molecular complexity index is 378. The van der Waals surface area contributed by atoms with Crippen molar-refractivity contribution in [2.24, 2.45) is 0 Å². The summed E-state index contributed by atoms with van der Waals surface area (Å²) in [7, 11) is 0. The van der Waals surface area contributed by atoms with Crippen molar-refractivity contribution in [3.8, 4) is 5.75 Å². The van der Waals surface area contributed by atoms with Gasteiger partial charge in [-0.1, -0.05) is 12.1 Å². The Morgan fingerprint density at radius 2 is 2.00 bits per heavy atom. The quantitative estimate of drug-likeness (QED) is 0.711. The van der Waals surface area contributed by atoms with Crippen molar-refractivity contribution in [3.63, 3.8) is 0 Å². The van der Waals surface area contributed by atoms with E-state index in [1.54, 1.807) is 0 Å². The van der Waals surface area contributed by atoms with Crippen LogP contribution in [0.4, 0.5) is 8.78 Å². The van der Waals surface area contributed by atoms with Crippen LogP contribution in [0.1, 0.15) is 11.7 Å². The monoisotopic (exact) mass is 218 g/mol. The number of hydrogen-bond donors (Lipinski definition) is 3. The topological polar surface area (TPSA) is 77.8 Å². The Kier molecular flexibility index (Phi) is 2.90. The minimum atomic E-state index is -4.28. The van der Waals surface area contributed by atoms with Gasteiger partial charge in [-0.2, -0.15) is 8.78 Å². The zero-order valence-electron chi connectivity index (χ0n) is 7.39. The molecule has 0 aliphatic heterocycles. The minimum absolute atomic E-state index is 0.326. The Labute approximate surface area is 83.4 Å². The van der Waals surface area contributed by atoms with E-state index in [0.29, 0.717) is 0 Å². The molecule has 0 fully saturated rings. The second-order valence-corrected chi connectivity index (χ2v) is 2.93. The first kappa shape index (κ1) is 11.4. The maximum atomic E-state index is 12.8. The third-order valence-corrected chi connectivity index (χ3v) is 1.81. The van der Waals surface area contributed by atoms with Gasteiger partial charge in [-0.05, 0) is 17.7 Å². The molecule has 0 aliphatic rings. The molecule has 3 N–H and O–H groups in total. The molecule has 0 bridgehead atoms. The lowest BCUT2D eigenvalue weighted by atomic mass is 10.0. The van der Waals surface area contributed by atoms with Crippen LogP contribution in [0.5, 0.6) is 5.75 Å². The van der Waals surface area contributed by atoms with E-state index < -0.39 is 18.0 Å². The number of aliphatic carboxylic acids is 1. The Morgan fingerprint density at radius 1 is 1.40 bits per heavy atom. The van der Waals surface area contributed by atoms with Crippen molar-refractivity contribution in [1.82, 2.24) is 0 Å². The van der Waals surface area contributed by atoms with Crippen LogP contribution in [0.15, 0.2) is 24.3 Å². The largest absolute Gasteiger partial charge is 0.508 e. The molecule has 0 saturated heterocycles. The van der Waals surface area contributed by atoms with Crippen LogP contribution in [-0.4, -0.2) is 27.2 Å². The number of rotatable bonds is 3. The summed E-state index contributed by atoms with van der Waals surface area (Å²) < 4.78 is 25.7. The fourth-order valence-electron chi connectivity index (χ4n) is 1.02. The second kappa shape index (κ2) is 3.82. The maximum Gasteiger partial charge on any atom is 0.377 e. The minimum Gasteiger partial charge on any atom is -0.508 e. The molecule has 6 heteroatoms. The fraction of sp³-hybridized carbons (Fsp3) is 0.222. The van der Waals surface area contributed by atoms with Crippen LogP contribution >= 0.6 is 0 Å². The van der Waals surface area contributed by atoms with E-state index in [1.165, 1.54) is 12.1 Å². The van der Waals surface area contributed by atoms with E-state index in [0.717, 1.165) is 12.1 Å². The number of carbonyl (C=O) groups is 1. The van der Waals surface area contributed by atoms with E-state index in [2.05, 4.69) is 0 Å². The standard InChI is InChI=1S/C9H8F2O4/c10-9(11,8(14)15)7(13)5-2-1-3-6(12)4-5/h1-4,7,12-13H,(H,14,15). The van der Waals surface area contributed by atoms with Gasteiger partial charge in [-0.15, -0.1) is 0 Å². The molecule has 1 atom stereocenters. The zero-order chi connectivity index (χ0) is 11.6. The lowest BCUT2D eigenvalue weighted by molar-refractivity contribution is -0.182. The van der Waals surface area contributed by atoms with Crippen molar-refractivity contribution in [2.45, 2.75) is 12.0 Å². The summed E-state index contributed by atoms with van der Waals surface area (Å²) in [5, 5.41) is 26.2. The molecule has 1 aromatic carbocycles. The highest BCUT2D eigenvalue weighted by molar-refractivity contribution is 5.76. The normalized spacial score (nSPS) is 13.5. The van der Waals surface area contributed by atoms with Gasteiger partial charge in [0.15, 0.2) is 6.10 Å². The number of carboxylic acid groups (broad SMARTS) is 1. The molecule has 0 aliphatic carbocycles. The lowest BCUT2D eigenvalue weighted by Gasteiger charge is -2.18. The number of benzene rings is 1. The van der Waals surface area contributed by atoms with Crippen molar-refractivity contribution < 1.29 is 28.9 Å². The molecule has 82 valence electrons. The predicted molar refractivity (Wildman–Crippen MR) is 45.6 cm³/mol. The summed E-state index contributed by atoms with van der Waals surface area (Å²) in [6.45, 7) is 0. The summed E-state index contributed by atoms with van der Waals surface area (Å²) in [6.07, 6.45) is -2.48. The molecular weight excluding hydrogens is 210 g/mol. The summed E-state index contributed by atoms with van der Waals surface area (Å²) >= 11 is 0. The second-order valence-electron chi connectivity index (χ2n) is 2.93. The third kappa shape index (κ3) is 2.21. The Morgan fingerprint density at radius 3 is 2.47 bits per heavy atom. The van der Waals surface area contributed by atoms with Gasteiger partial charge in [0, 0.05) is 0 Å². The summed E-state index contributed by atoms with van der Waals surface area (Å²) in [5.74, 6) is -7.03. The molecule has 4 nitrogen and oxygen atoms in total. The smallest absolute Gasteiger partial charge is 0.377 e. The number of aliphatic hydroxyl groups excluding tert-OH is 1. The average Bonchev–Trinajstić information content (AvgIpc) is 2.16. The number of halogens is 2. The molecular formula is C9H8F2O4. The van der Waals surface area contributed by atoms with Gasteiger partial charge < -0.3 is 15.3 Å². The third-order valence-electron chi connectivity index (χ3n) is 1.81. The summed E-state index contributed by atoms with van der Waals surface area (Å²) in [6, 6.07) is 4.42. The number of aromatic hydroxyl groups is 1. The number of phenols is 1. The van der Waals surface area contributed by atoms with E-state index in [1.807, 2.05) is 0 Å². The van der Waals surface area contributed by atoms with E-state index in [4.69, 9.17) is 15.3 Å². The fourth-order valence-corrected chi connectivity index (χ4v) is 1.02. The van der Waals surface area contributed by atoms with Crippen LogP contribution in [0, 0.1) is 0 Å². The molecule has 0 radical (unpaired) electrons. The molecule has 0 saturated carbocycles. The summed E-state index contributed by atoms with van der Waals surface area (Å²) in [4.78, 5) is 10.1. The zero-order valence-corrected chi connectivity index (χ0v) is 7.39. The molecule has 1 aromatic rings. The summed E-state index contributed by atoms with van der Waals surface area (Å²) in [5.41, 5.74) is -0.359. The first-order valence-electron chi connectivity index (χ1n) is 3.94. The van der Waals surface area contributed by atoms with Crippen LogP contribution in [0.25, 0.3) is 0 Å². The molecule has 15 heavy (non-hydrogen) atoms. The van der Waals surface area contributed by atoms with E-state index in [-0.39, 0.29) is 11.3 Å². The van der Waals surface area contributed by atoms with Gasteiger partial charge in [0.1, 0.15) is 5.75 Å². The van der Waals surface area contributed by atoms with Gasteiger partial charge in [-0.3, -0.25) is 0 Å². The average molecular weight is 218 g/mol. The van der Waals surface area contributed by atoms with Gasteiger partial charge in [-0.25, -0.2) is 4.79 Å². The lowest BCUT2D eigenvalue weighted by Crippen LogP contribution is -2.35. The highest BCUT2D eigenvalue weighted by atomic mass is 19.3. The molecule has 1 unspecified atom stereocenters. The number of hydrogen-bond acceptors (Lipinski definition) is 3. The van der Waals surface area contributed by atoms with Gasteiger partial charge in [0.25, 0.3) is 0 Å². The molecule has 1 rings (SSSR count). The van der Waals surface area contributed by atoms with Crippen molar-refractivity contribution >= 4 is 5.97 Å². The van der Waals surface area contributed by atoms with Crippen molar-refractivity contribution in [3.05, 3.63) is 29.8 Å². The Balaban J connectivity index is 3.04. The number of aliphatic hydroxyl groups is 1. The molecule has 0 heterocycles. The van der Waals surface area contributed by atoms with Crippen LogP contribution in [0.3, 0.4) is 0 Å². The number of carboxylic acids is 1. The number of phenolic OH excluding ortho intramolecular Hbond substituents is 1.